The van der Waals surface area contributed by atoms with E-state index in [1.54, 1.807) is 5.56 Å². The molecule has 2 aliphatic rings. The second-order valence-corrected chi connectivity index (χ2v) is 28.2. The Morgan fingerprint density at radius 1 is 0.382 bits per heavy atom. The highest BCUT2D eigenvalue weighted by Crippen LogP contribution is 2.57. The second-order valence-electron chi connectivity index (χ2n) is 25.9. The van der Waals surface area contributed by atoms with Crippen molar-refractivity contribution in [1.29, 1.82) is 0 Å². The molecule has 426 valence electrons. The number of thioether (sulfide) groups is 1. The Balaban J connectivity index is 0.782. The van der Waals surface area contributed by atoms with E-state index in [0.717, 1.165) is 11.4 Å². The second kappa shape index (κ2) is 20.5. The van der Waals surface area contributed by atoms with Gasteiger partial charge in [-0.3, -0.25) is 0 Å². The van der Waals surface area contributed by atoms with Crippen molar-refractivity contribution in [2.24, 2.45) is 0 Å². The van der Waals surface area contributed by atoms with Crippen LogP contribution in [0.3, 0.4) is 0 Å². The highest BCUT2D eigenvalue weighted by Gasteiger charge is 2.37. The van der Waals surface area contributed by atoms with Crippen LogP contribution in [0, 0.1) is 0 Å². The third-order valence-electron chi connectivity index (χ3n) is 19.6. The Kier molecular flexibility index (Phi) is 12.1. The van der Waals surface area contributed by atoms with Crippen LogP contribution in [0.15, 0.2) is 272 Å². The van der Waals surface area contributed by atoms with Crippen LogP contribution in [0.4, 0.5) is 34.1 Å². The summed E-state index contributed by atoms with van der Waals surface area (Å²) in [5.74, 6) is 0.646. The molecule has 13 aromatic carbocycles. The maximum absolute atomic E-state index is 2.58. The lowest BCUT2D eigenvalue weighted by atomic mass is 9.84. The number of aromatic nitrogens is 1. The highest BCUT2D eigenvalue weighted by atomic mass is 32.2. The summed E-state index contributed by atoms with van der Waals surface area (Å²) >= 11 is 4.00. The Morgan fingerprint density at radius 3 is 1.55 bits per heavy atom. The zero-order valence-corrected chi connectivity index (χ0v) is 51.7. The van der Waals surface area contributed by atoms with Crippen molar-refractivity contribution >= 4 is 137 Å². The van der Waals surface area contributed by atoms with Crippen LogP contribution in [-0.4, -0.2) is 9.65 Å². The number of hydrogen-bond donors (Lipinski definition) is 0. The van der Waals surface area contributed by atoms with E-state index < -0.39 is 0 Å². The van der Waals surface area contributed by atoms with Gasteiger partial charge in [-0.25, -0.2) is 0 Å². The lowest BCUT2D eigenvalue weighted by molar-refractivity contribution is 0.461. The highest BCUT2D eigenvalue weighted by molar-refractivity contribution is 8.00. The van der Waals surface area contributed by atoms with Crippen LogP contribution >= 0.6 is 23.1 Å². The molecule has 3 aromatic heterocycles. The summed E-state index contributed by atoms with van der Waals surface area (Å²) < 4.78 is 5.17. The van der Waals surface area contributed by atoms with Gasteiger partial charge in [0.15, 0.2) is 0 Å². The zero-order valence-electron chi connectivity index (χ0n) is 50.0. The molecule has 1 fully saturated rings. The molecule has 5 heteroatoms. The molecule has 16 aromatic rings. The summed E-state index contributed by atoms with van der Waals surface area (Å²) in [5, 5.41) is 13.3. The van der Waals surface area contributed by atoms with Crippen molar-refractivity contribution in [1.82, 2.24) is 4.40 Å². The minimum absolute atomic E-state index is 0.0663. The van der Waals surface area contributed by atoms with Crippen LogP contribution < -0.4 is 9.80 Å². The summed E-state index contributed by atoms with van der Waals surface area (Å²) in [4.78, 5) is 6.40. The van der Waals surface area contributed by atoms with Crippen LogP contribution in [0.25, 0.3) is 113 Å². The van der Waals surface area contributed by atoms with Crippen molar-refractivity contribution in [2.45, 2.75) is 67.9 Å². The van der Waals surface area contributed by atoms with Crippen LogP contribution in [0.5, 0.6) is 0 Å². The third kappa shape index (κ3) is 8.61. The summed E-state index contributed by atoms with van der Waals surface area (Å²) in [6.45, 7) is 6.88. The fourth-order valence-electron chi connectivity index (χ4n) is 15.2. The number of hydrogen-bond acceptors (Lipinski definition) is 4. The van der Waals surface area contributed by atoms with Gasteiger partial charge < -0.3 is 14.2 Å². The summed E-state index contributed by atoms with van der Waals surface area (Å²) in [5.41, 5.74) is 21.0. The predicted molar refractivity (Wildman–Crippen MR) is 384 cm³/mol. The summed E-state index contributed by atoms with van der Waals surface area (Å²) in [6.07, 6.45) is 5.26. The maximum Gasteiger partial charge on any atom is 0.0640 e. The minimum Gasteiger partial charge on any atom is -0.309 e. The van der Waals surface area contributed by atoms with Gasteiger partial charge in [0.1, 0.15) is 0 Å². The number of anilines is 6. The Bertz CT molecular complexity index is 5480. The number of para-hydroxylation sites is 2. The van der Waals surface area contributed by atoms with E-state index in [0.29, 0.717) is 11.2 Å². The van der Waals surface area contributed by atoms with E-state index in [-0.39, 0.29) is 5.41 Å². The SMILES string of the molecule is CC(C)(C)c1ccc(-c2cc3c4cc5ccc(-c6cccc(N(c7ccccc7)c7cccc8c7SC7CCCCC87)c6)cc5cc4n4c5cc6cc(-c7cccc(N(c8ccccc8)c8cccc9c8sc8ccccc89)c7)ccc6cc5c(c2)c34)cc1. The average molecular weight is 1180 g/mol. The Labute approximate surface area is 527 Å². The summed E-state index contributed by atoms with van der Waals surface area (Å²) in [7, 11) is 0. The molecule has 0 spiro atoms. The number of nitrogens with zero attached hydrogens (tertiary/aromatic N) is 3. The first-order valence-electron chi connectivity index (χ1n) is 31.6. The van der Waals surface area contributed by atoms with E-state index in [9.17, 15) is 0 Å². The number of fused-ring (bicyclic) bond motifs is 14. The van der Waals surface area contributed by atoms with Gasteiger partial charge in [0.05, 0.1) is 32.6 Å². The first kappa shape index (κ1) is 52.5. The Morgan fingerprint density at radius 2 is 0.910 bits per heavy atom. The number of benzene rings is 13. The standard InChI is InChI=1S/C84H63N3S2/c1-84(2,3)62-40-38-52(39-41-62)61-48-73-71-46-57-36-34-55(53-18-14-24-65(44-53)85(63-20-6-4-7-21-63)75-30-16-28-69-67-26-10-12-32-79(67)88-82(69)75)42-59(57)50-77(71)87-78-51-60-43-56(35-37-58(60)47-72(78)74(49-61)81(73)87)54-19-15-25-66(45-54)86(64-22-8-5-9-23-64)76-31-17-29-70-68-27-11-13-33-80(68)89-83(70)76/h4-10,12,14-26,28-32,34-51,68,80H,11,13,27,33H2,1-3H3. The normalized spacial score (nSPS) is 15.1. The first-order valence-corrected chi connectivity index (χ1v) is 33.3. The molecule has 0 radical (unpaired) electrons. The van der Waals surface area contributed by atoms with Crippen molar-refractivity contribution < 1.29 is 0 Å². The van der Waals surface area contributed by atoms with E-state index in [4.69, 9.17) is 0 Å². The van der Waals surface area contributed by atoms with E-state index in [1.807, 2.05) is 11.3 Å². The van der Waals surface area contributed by atoms with Crippen molar-refractivity contribution in [3.05, 3.63) is 278 Å². The molecule has 0 bridgehead atoms. The van der Waals surface area contributed by atoms with Crippen molar-refractivity contribution in [2.75, 3.05) is 9.80 Å². The third-order valence-corrected chi connectivity index (χ3v) is 22.3. The number of rotatable bonds is 9. The van der Waals surface area contributed by atoms with Crippen LogP contribution in [0.2, 0.25) is 0 Å². The van der Waals surface area contributed by atoms with Gasteiger partial charge in [-0.05, 0) is 205 Å². The van der Waals surface area contributed by atoms with Gasteiger partial charge >= 0.3 is 0 Å². The molecule has 4 heterocycles. The lowest BCUT2D eigenvalue weighted by Gasteiger charge is -2.28. The molecule has 1 saturated carbocycles. The quantitative estimate of drug-likeness (QED) is 0.143. The average Bonchev–Trinajstić information content (AvgIpc) is 1.57. The smallest absolute Gasteiger partial charge is 0.0640 e. The molecular weight excluding hydrogens is 1120 g/mol. The molecule has 3 nitrogen and oxygen atoms in total. The molecule has 2 atom stereocenters. The Hall–Kier alpha value is -9.65. The van der Waals surface area contributed by atoms with Gasteiger partial charge in [-0.1, -0.05) is 185 Å². The lowest BCUT2D eigenvalue weighted by Crippen LogP contribution is -2.14. The number of thiophene rings is 1. The van der Waals surface area contributed by atoms with Gasteiger partial charge in [-0.15, -0.1) is 23.1 Å². The fourth-order valence-corrected chi connectivity index (χ4v) is 18.0. The molecule has 1 aliphatic carbocycles. The molecule has 1 aliphatic heterocycles. The zero-order chi connectivity index (χ0) is 59.1. The molecule has 0 saturated heterocycles. The summed E-state index contributed by atoms with van der Waals surface area (Å²) in [6, 6.07) is 101. The van der Waals surface area contributed by atoms with Gasteiger partial charge in [0, 0.05) is 69.9 Å². The van der Waals surface area contributed by atoms with Crippen molar-refractivity contribution in [3.63, 3.8) is 0 Å². The van der Waals surface area contributed by atoms with E-state index >= 15 is 0 Å². The van der Waals surface area contributed by atoms with Crippen LogP contribution in [0.1, 0.15) is 63.5 Å². The van der Waals surface area contributed by atoms with Gasteiger partial charge in [0.25, 0.3) is 0 Å². The predicted octanol–water partition coefficient (Wildman–Crippen LogP) is 24.9. The minimum atomic E-state index is 0.0663. The molecular formula is C84H63N3S2. The fraction of sp³-hybridized carbons (Fsp3) is 0.119. The molecule has 18 rings (SSSR count). The van der Waals surface area contributed by atoms with Gasteiger partial charge in [0.2, 0.25) is 0 Å². The van der Waals surface area contributed by atoms with Crippen LogP contribution in [-0.2, 0) is 5.41 Å². The largest absolute Gasteiger partial charge is 0.309 e. The topological polar surface area (TPSA) is 10.9 Å². The molecule has 0 amide bonds. The molecule has 0 N–H and O–H groups in total. The molecule has 2 unspecified atom stereocenters. The first-order chi connectivity index (χ1) is 43.7. The maximum atomic E-state index is 2.58. The molecule has 89 heavy (non-hydrogen) atoms. The van der Waals surface area contributed by atoms with Crippen molar-refractivity contribution in [3.8, 4) is 33.4 Å². The van der Waals surface area contributed by atoms with E-state index in [1.165, 1.54) is 172 Å². The van der Waals surface area contributed by atoms with E-state index in [2.05, 4.69) is 314 Å². The monoisotopic (exact) mass is 1180 g/mol. The van der Waals surface area contributed by atoms with Gasteiger partial charge in [-0.2, -0.15) is 0 Å².